The molecule has 0 aromatic heterocycles. The number of ether oxygens (including phenoxy) is 1. The zero-order valence-corrected chi connectivity index (χ0v) is 6.40. The zero-order valence-electron chi connectivity index (χ0n) is 5.59. The zero-order chi connectivity index (χ0) is 6.85. The fourth-order valence-electron chi connectivity index (χ4n) is 0.912. The summed E-state index contributed by atoms with van der Waals surface area (Å²) in [6.07, 6.45) is 2.94. The highest BCUT2D eigenvalue weighted by molar-refractivity contribution is 7.99. The molecule has 1 rings (SSSR count). The number of thioether (sulfide) groups is 1. The highest BCUT2D eigenvalue weighted by Gasteiger charge is 2.30. The molecule has 2 nitrogen and oxygen atoms in total. The number of hydrogen-bond donors (Lipinski definition) is 0. The Hall–Kier alpha value is -0.180. The van der Waals surface area contributed by atoms with E-state index in [0.717, 1.165) is 6.42 Å². The molecule has 3 heteroatoms. The third-order valence-corrected chi connectivity index (χ3v) is 2.36. The van der Waals surface area contributed by atoms with Gasteiger partial charge in [0.25, 0.3) is 0 Å². The first-order valence-corrected chi connectivity index (χ1v) is 4.26. The van der Waals surface area contributed by atoms with Crippen LogP contribution < -0.4 is 0 Å². The minimum atomic E-state index is -0.0463. The molecule has 0 unspecified atom stereocenters. The van der Waals surface area contributed by atoms with E-state index >= 15 is 0 Å². The van der Waals surface area contributed by atoms with Gasteiger partial charge in [-0.25, -0.2) is 0 Å². The molecule has 0 bridgehead atoms. The second kappa shape index (κ2) is 2.60. The van der Waals surface area contributed by atoms with Crippen LogP contribution in [0.3, 0.4) is 0 Å². The quantitative estimate of drug-likeness (QED) is 0.517. The highest BCUT2D eigenvalue weighted by Crippen LogP contribution is 2.23. The first kappa shape index (κ1) is 6.93. The smallest absolute Gasteiger partial charge is 0.319 e. The van der Waals surface area contributed by atoms with E-state index in [-0.39, 0.29) is 17.3 Å². The molecule has 0 aromatic rings. The maximum absolute atomic E-state index is 10.8. The normalized spacial score (nSPS) is 34.7. The van der Waals surface area contributed by atoms with Crippen molar-refractivity contribution in [1.29, 1.82) is 0 Å². The van der Waals surface area contributed by atoms with Gasteiger partial charge in [0.15, 0.2) is 0 Å². The second-order valence-corrected chi connectivity index (χ2v) is 3.25. The molecule has 0 amide bonds. The van der Waals surface area contributed by atoms with Crippen molar-refractivity contribution in [1.82, 2.24) is 0 Å². The summed E-state index contributed by atoms with van der Waals surface area (Å²) < 4.78 is 4.90. The van der Waals surface area contributed by atoms with Crippen molar-refractivity contribution in [3.05, 3.63) is 0 Å². The molecule has 52 valence electrons. The summed E-state index contributed by atoms with van der Waals surface area (Å²) in [4.78, 5) is 10.8. The maximum atomic E-state index is 10.8. The van der Waals surface area contributed by atoms with E-state index in [1.165, 1.54) is 0 Å². The van der Waals surface area contributed by atoms with E-state index in [1.54, 1.807) is 11.8 Å². The number of hydrogen-bond acceptors (Lipinski definition) is 3. The van der Waals surface area contributed by atoms with Crippen LogP contribution in [-0.2, 0) is 9.53 Å². The van der Waals surface area contributed by atoms with Gasteiger partial charge >= 0.3 is 5.97 Å². The summed E-state index contributed by atoms with van der Waals surface area (Å²) in [6, 6.07) is 0. The van der Waals surface area contributed by atoms with Gasteiger partial charge in [-0.15, -0.1) is 0 Å². The third-order valence-electron chi connectivity index (χ3n) is 1.41. The van der Waals surface area contributed by atoms with Gasteiger partial charge in [0.1, 0.15) is 11.4 Å². The van der Waals surface area contributed by atoms with Crippen LogP contribution in [0.15, 0.2) is 0 Å². The van der Waals surface area contributed by atoms with Crippen LogP contribution in [0.25, 0.3) is 0 Å². The lowest BCUT2D eigenvalue weighted by atomic mass is 10.3. The van der Waals surface area contributed by atoms with Crippen molar-refractivity contribution in [2.24, 2.45) is 0 Å². The first-order chi connectivity index (χ1) is 4.24. The van der Waals surface area contributed by atoms with Crippen molar-refractivity contribution in [3.8, 4) is 0 Å². The van der Waals surface area contributed by atoms with Gasteiger partial charge in [0.2, 0.25) is 0 Å². The lowest BCUT2D eigenvalue weighted by Crippen LogP contribution is -2.08. The fourth-order valence-corrected chi connectivity index (χ4v) is 1.62. The molecule has 1 aliphatic rings. The number of rotatable bonds is 1. The van der Waals surface area contributed by atoms with Crippen LogP contribution in [0.4, 0.5) is 0 Å². The molecule has 9 heavy (non-hydrogen) atoms. The summed E-state index contributed by atoms with van der Waals surface area (Å²) in [6.45, 7) is 1.92. The molecule has 0 aliphatic carbocycles. The van der Waals surface area contributed by atoms with Gasteiger partial charge in [0.05, 0.1) is 0 Å². The molecule has 1 aliphatic heterocycles. The second-order valence-electron chi connectivity index (χ2n) is 2.21. The molecule has 0 saturated carbocycles. The average Bonchev–Trinajstić information content (AvgIpc) is 2.10. The van der Waals surface area contributed by atoms with E-state index in [2.05, 4.69) is 0 Å². The Morgan fingerprint density at radius 2 is 2.44 bits per heavy atom. The molecular formula is C6H10O2S. The molecule has 0 N–H and O–H groups in total. The Balaban J connectivity index is 2.48. The molecular weight excluding hydrogens is 136 g/mol. The Bertz CT molecular complexity index is 124. The van der Waals surface area contributed by atoms with Gasteiger partial charge in [-0.3, -0.25) is 4.79 Å². The topological polar surface area (TPSA) is 26.3 Å². The molecule has 2 atom stereocenters. The van der Waals surface area contributed by atoms with Crippen molar-refractivity contribution >= 4 is 17.7 Å². The first-order valence-electron chi connectivity index (χ1n) is 2.97. The van der Waals surface area contributed by atoms with Gasteiger partial charge < -0.3 is 4.74 Å². The van der Waals surface area contributed by atoms with Gasteiger partial charge in [-0.05, 0) is 13.2 Å². The lowest BCUT2D eigenvalue weighted by Gasteiger charge is -1.95. The Labute approximate surface area is 59.0 Å². The number of cyclic esters (lactones) is 1. The molecule has 0 spiro atoms. The SMILES string of the molecule is CS[C@H]1C[C@@H](C)OC1=O. The predicted molar refractivity (Wildman–Crippen MR) is 37.5 cm³/mol. The van der Waals surface area contributed by atoms with Crippen LogP contribution in [-0.4, -0.2) is 23.6 Å². The van der Waals surface area contributed by atoms with Crippen LogP contribution >= 0.6 is 11.8 Å². The molecule has 1 fully saturated rings. The monoisotopic (exact) mass is 146 g/mol. The summed E-state index contributed by atoms with van der Waals surface area (Å²) >= 11 is 1.57. The molecule has 1 heterocycles. The third kappa shape index (κ3) is 1.39. The summed E-state index contributed by atoms with van der Waals surface area (Å²) in [5, 5.41) is 0.0972. The van der Waals surface area contributed by atoms with Gasteiger partial charge in [-0.2, -0.15) is 11.8 Å². The molecule has 0 aromatic carbocycles. The molecule has 0 radical (unpaired) electrons. The van der Waals surface area contributed by atoms with Crippen molar-refractivity contribution in [3.63, 3.8) is 0 Å². The van der Waals surface area contributed by atoms with Crippen LogP contribution in [0, 0.1) is 0 Å². The highest BCUT2D eigenvalue weighted by atomic mass is 32.2. The van der Waals surface area contributed by atoms with E-state index in [0.29, 0.717) is 0 Å². The largest absolute Gasteiger partial charge is 0.462 e. The van der Waals surface area contributed by atoms with Gasteiger partial charge in [0, 0.05) is 6.42 Å². The standard InChI is InChI=1S/C6H10O2S/c1-4-3-5(9-2)6(7)8-4/h4-5H,3H2,1-2H3/t4-,5+/m1/s1. The Kier molecular flexibility index (Phi) is 2.01. The van der Waals surface area contributed by atoms with Crippen LogP contribution in [0.2, 0.25) is 0 Å². The predicted octanol–water partition coefficient (Wildman–Crippen LogP) is 1.05. The minimum absolute atomic E-state index is 0.0463. The van der Waals surface area contributed by atoms with Crippen molar-refractivity contribution in [2.45, 2.75) is 24.7 Å². The van der Waals surface area contributed by atoms with Crippen molar-refractivity contribution < 1.29 is 9.53 Å². The van der Waals surface area contributed by atoms with E-state index in [1.807, 2.05) is 13.2 Å². The number of carbonyl (C=O) groups is 1. The van der Waals surface area contributed by atoms with Gasteiger partial charge in [-0.1, -0.05) is 0 Å². The summed E-state index contributed by atoms with van der Waals surface area (Å²) in [5.74, 6) is -0.0463. The Morgan fingerprint density at radius 1 is 1.78 bits per heavy atom. The molecule has 1 saturated heterocycles. The van der Waals surface area contributed by atoms with E-state index < -0.39 is 0 Å². The number of esters is 1. The van der Waals surface area contributed by atoms with Crippen molar-refractivity contribution in [2.75, 3.05) is 6.26 Å². The lowest BCUT2D eigenvalue weighted by molar-refractivity contribution is -0.140. The fraction of sp³-hybridized carbons (Fsp3) is 0.833. The summed E-state index contributed by atoms with van der Waals surface area (Å²) in [7, 11) is 0. The number of carbonyl (C=O) groups excluding carboxylic acids is 1. The van der Waals surface area contributed by atoms with Crippen LogP contribution in [0.1, 0.15) is 13.3 Å². The van der Waals surface area contributed by atoms with Crippen LogP contribution in [0.5, 0.6) is 0 Å². The van der Waals surface area contributed by atoms with E-state index in [9.17, 15) is 4.79 Å². The van der Waals surface area contributed by atoms with E-state index in [4.69, 9.17) is 4.74 Å². The minimum Gasteiger partial charge on any atom is -0.462 e. The average molecular weight is 146 g/mol. The Morgan fingerprint density at radius 3 is 2.67 bits per heavy atom. The summed E-state index contributed by atoms with van der Waals surface area (Å²) in [5.41, 5.74) is 0. The maximum Gasteiger partial charge on any atom is 0.319 e.